The van der Waals surface area contributed by atoms with Crippen molar-refractivity contribution in [3.63, 3.8) is 0 Å². The number of carbonyl (C=O) groups excluding carboxylic acids is 1. The number of hydrogen-bond acceptors (Lipinski definition) is 6. The van der Waals surface area contributed by atoms with Crippen LogP contribution >= 0.6 is 0 Å². The smallest absolute Gasteiger partial charge is 0.330 e. The summed E-state index contributed by atoms with van der Waals surface area (Å²) < 4.78 is 14.0. The third-order valence-electron chi connectivity index (χ3n) is 1.37. The number of aliphatic hydroxyl groups excluding tert-OH is 1. The van der Waals surface area contributed by atoms with Gasteiger partial charge in [0.15, 0.2) is 0 Å². The maximum Gasteiger partial charge on any atom is 0.330 e. The van der Waals surface area contributed by atoms with Crippen molar-refractivity contribution >= 4 is 11.9 Å². The van der Waals surface area contributed by atoms with Crippen LogP contribution in [-0.4, -0.2) is 62.3 Å². The van der Waals surface area contributed by atoms with Gasteiger partial charge in [0, 0.05) is 18.8 Å². The Morgan fingerprint density at radius 3 is 2.17 bits per heavy atom. The summed E-state index contributed by atoms with van der Waals surface area (Å²) in [6.07, 6.45) is 1.55. The van der Waals surface area contributed by atoms with Gasteiger partial charge in [-0.05, 0) is 6.92 Å². The van der Waals surface area contributed by atoms with Crippen LogP contribution in [0.15, 0.2) is 12.2 Å². The van der Waals surface area contributed by atoms with E-state index in [9.17, 15) is 9.59 Å². The number of rotatable bonds is 8. The van der Waals surface area contributed by atoms with E-state index in [-0.39, 0.29) is 6.61 Å². The van der Waals surface area contributed by atoms with Gasteiger partial charge in [0.05, 0.1) is 33.5 Å². The molecule has 0 aliphatic rings. The van der Waals surface area contributed by atoms with E-state index in [2.05, 4.69) is 4.74 Å². The van der Waals surface area contributed by atoms with E-state index >= 15 is 0 Å². The third kappa shape index (κ3) is 20.0. The van der Waals surface area contributed by atoms with Gasteiger partial charge in [-0.15, -0.1) is 0 Å². The summed E-state index contributed by atoms with van der Waals surface area (Å²) in [5, 5.41) is 16.2. The first-order chi connectivity index (χ1) is 8.58. The Morgan fingerprint density at radius 2 is 1.72 bits per heavy atom. The van der Waals surface area contributed by atoms with E-state index in [1.54, 1.807) is 0 Å². The Bertz CT molecular complexity index is 232. The fraction of sp³-hybridized carbons (Fsp3) is 0.636. The van der Waals surface area contributed by atoms with Crippen molar-refractivity contribution in [3.05, 3.63) is 12.2 Å². The monoisotopic (exact) mass is 264 g/mol. The average Bonchev–Trinajstić information content (AvgIpc) is 2.36. The molecule has 0 aromatic rings. The Labute approximate surface area is 106 Å². The number of carboxylic acids is 1. The normalized spacial score (nSPS) is 9.72. The topological polar surface area (TPSA) is 102 Å². The largest absolute Gasteiger partial charge is 0.478 e. The molecule has 0 radical (unpaired) electrons. The highest BCUT2D eigenvalue weighted by Gasteiger charge is 1.91. The van der Waals surface area contributed by atoms with Crippen molar-refractivity contribution in [1.29, 1.82) is 0 Å². The lowest BCUT2D eigenvalue weighted by atomic mass is 10.5. The summed E-state index contributed by atoms with van der Waals surface area (Å²) in [6.45, 7) is 4.36. The van der Waals surface area contributed by atoms with E-state index in [0.717, 1.165) is 12.7 Å². The van der Waals surface area contributed by atoms with E-state index in [1.165, 1.54) is 7.11 Å². The minimum absolute atomic E-state index is 0.0894. The molecule has 0 fully saturated rings. The molecule has 2 N–H and O–H groups in total. The van der Waals surface area contributed by atoms with Crippen molar-refractivity contribution in [3.8, 4) is 0 Å². The molecule has 7 nitrogen and oxygen atoms in total. The van der Waals surface area contributed by atoms with Gasteiger partial charge in [0.1, 0.15) is 0 Å². The van der Waals surface area contributed by atoms with Crippen molar-refractivity contribution in [2.24, 2.45) is 0 Å². The second-order valence-electron chi connectivity index (χ2n) is 2.73. The van der Waals surface area contributed by atoms with Gasteiger partial charge in [-0.25, -0.2) is 9.59 Å². The highest BCUT2D eigenvalue weighted by atomic mass is 16.5. The first kappa shape index (κ1) is 18.9. The van der Waals surface area contributed by atoms with Crippen LogP contribution in [0.5, 0.6) is 0 Å². The SMILES string of the molecule is CCOCCOCCO.COC(=O)/C=C/C(=O)O. The fourth-order valence-corrected chi connectivity index (χ4v) is 0.636. The van der Waals surface area contributed by atoms with Gasteiger partial charge in [0.2, 0.25) is 0 Å². The van der Waals surface area contributed by atoms with Gasteiger partial charge < -0.3 is 24.4 Å². The van der Waals surface area contributed by atoms with Gasteiger partial charge in [-0.2, -0.15) is 0 Å². The van der Waals surface area contributed by atoms with Crippen LogP contribution in [0.2, 0.25) is 0 Å². The molecule has 0 amide bonds. The van der Waals surface area contributed by atoms with Gasteiger partial charge in [-0.1, -0.05) is 0 Å². The lowest BCUT2D eigenvalue weighted by Gasteiger charge is -2.00. The van der Waals surface area contributed by atoms with Crippen LogP contribution in [0.4, 0.5) is 0 Å². The average molecular weight is 264 g/mol. The first-order valence-electron chi connectivity index (χ1n) is 5.33. The Balaban J connectivity index is 0. The number of esters is 1. The summed E-state index contributed by atoms with van der Waals surface area (Å²) in [4.78, 5) is 19.9. The van der Waals surface area contributed by atoms with Crippen LogP contribution in [0.25, 0.3) is 0 Å². The number of carboxylic acid groups (broad SMARTS) is 1. The summed E-state index contributed by atoms with van der Waals surface area (Å²) in [7, 11) is 1.18. The molecule has 0 spiro atoms. The number of hydrogen-bond donors (Lipinski definition) is 2. The van der Waals surface area contributed by atoms with Crippen molar-refractivity contribution in [1.82, 2.24) is 0 Å². The maximum absolute atomic E-state index is 10.1. The molecule has 106 valence electrons. The molecular weight excluding hydrogens is 244 g/mol. The Morgan fingerprint density at radius 1 is 1.11 bits per heavy atom. The molecule has 0 saturated carbocycles. The molecular formula is C11H20O7. The van der Waals surface area contributed by atoms with E-state index in [1.807, 2.05) is 6.92 Å². The van der Waals surface area contributed by atoms with E-state index < -0.39 is 11.9 Å². The lowest BCUT2D eigenvalue weighted by Crippen LogP contribution is -2.06. The standard InChI is InChI=1S/C6H14O3.C5H6O4/c1-2-8-5-6-9-4-3-7;1-9-5(8)3-2-4(6)7/h7H,2-6H2,1H3;2-3H,1H3,(H,6,7)/b;3-2+. The number of methoxy groups -OCH3 is 1. The molecule has 0 aliphatic carbocycles. The zero-order valence-corrected chi connectivity index (χ0v) is 10.6. The zero-order valence-electron chi connectivity index (χ0n) is 10.6. The van der Waals surface area contributed by atoms with Crippen LogP contribution in [-0.2, 0) is 23.8 Å². The number of aliphatic carboxylic acids is 1. The molecule has 0 atom stereocenters. The maximum atomic E-state index is 10.1. The third-order valence-corrected chi connectivity index (χ3v) is 1.37. The predicted molar refractivity (Wildman–Crippen MR) is 63.2 cm³/mol. The summed E-state index contributed by atoms with van der Waals surface area (Å²) in [5.41, 5.74) is 0. The number of ether oxygens (including phenoxy) is 3. The molecule has 0 bridgehead atoms. The summed E-state index contributed by atoms with van der Waals surface area (Å²) in [6, 6.07) is 0. The molecule has 0 aromatic carbocycles. The lowest BCUT2D eigenvalue weighted by molar-refractivity contribution is -0.136. The Kier molecular flexibility index (Phi) is 16.3. The number of aliphatic hydroxyl groups is 1. The van der Waals surface area contributed by atoms with Gasteiger partial charge in [0.25, 0.3) is 0 Å². The van der Waals surface area contributed by atoms with Crippen LogP contribution in [0, 0.1) is 0 Å². The van der Waals surface area contributed by atoms with Crippen molar-refractivity contribution < 1.29 is 34.0 Å². The fourth-order valence-electron chi connectivity index (χ4n) is 0.636. The molecule has 0 saturated heterocycles. The second-order valence-corrected chi connectivity index (χ2v) is 2.73. The number of carbonyl (C=O) groups is 2. The summed E-state index contributed by atoms with van der Waals surface area (Å²) >= 11 is 0. The highest BCUT2D eigenvalue weighted by molar-refractivity contribution is 5.90. The molecule has 0 rings (SSSR count). The van der Waals surface area contributed by atoms with Gasteiger partial charge in [-0.3, -0.25) is 0 Å². The second kappa shape index (κ2) is 15.6. The molecule has 18 heavy (non-hydrogen) atoms. The molecule has 0 unspecified atom stereocenters. The first-order valence-corrected chi connectivity index (χ1v) is 5.33. The van der Waals surface area contributed by atoms with Crippen LogP contribution < -0.4 is 0 Å². The van der Waals surface area contributed by atoms with Crippen molar-refractivity contribution in [2.75, 3.05) is 40.1 Å². The highest BCUT2D eigenvalue weighted by Crippen LogP contribution is 1.77. The van der Waals surface area contributed by atoms with Crippen LogP contribution in [0.3, 0.4) is 0 Å². The Hall–Kier alpha value is -1.44. The van der Waals surface area contributed by atoms with Crippen LogP contribution in [0.1, 0.15) is 6.92 Å². The molecule has 0 aliphatic heterocycles. The molecule has 0 heterocycles. The minimum Gasteiger partial charge on any atom is -0.478 e. The molecule has 0 aromatic heterocycles. The molecule has 7 heteroatoms. The minimum atomic E-state index is -1.17. The van der Waals surface area contributed by atoms with E-state index in [4.69, 9.17) is 19.7 Å². The summed E-state index contributed by atoms with van der Waals surface area (Å²) in [5.74, 6) is -1.84. The predicted octanol–water partition coefficient (Wildman–Crippen LogP) is -0.168. The van der Waals surface area contributed by atoms with Gasteiger partial charge >= 0.3 is 11.9 Å². The quantitative estimate of drug-likeness (QED) is 0.356. The zero-order chi connectivity index (χ0) is 14.2. The van der Waals surface area contributed by atoms with Crippen molar-refractivity contribution in [2.45, 2.75) is 6.92 Å². The van der Waals surface area contributed by atoms with E-state index in [0.29, 0.717) is 25.9 Å².